The maximum Gasteiger partial charge on any atom is 0.128 e. The molecule has 0 saturated carbocycles. The summed E-state index contributed by atoms with van der Waals surface area (Å²) >= 11 is 0. The van der Waals surface area contributed by atoms with Crippen molar-refractivity contribution >= 4 is 5.82 Å². The van der Waals surface area contributed by atoms with Crippen molar-refractivity contribution in [3.63, 3.8) is 0 Å². The lowest BCUT2D eigenvalue weighted by atomic mass is 10.3. The van der Waals surface area contributed by atoms with Crippen LogP contribution in [-0.2, 0) is 0 Å². The van der Waals surface area contributed by atoms with E-state index in [0.29, 0.717) is 6.54 Å². The summed E-state index contributed by atoms with van der Waals surface area (Å²) in [5.41, 5.74) is 1.16. The Labute approximate surface area is 79.0 Å². The van der Waals surface area contributed by atoms with E-state index in [1.165, 1.54) is 0 Å². The van der Waals surface area contributed by atoms with Crippen molar-refractivity contribution in [1.82, 2.24) is 4.98 Å². The zero-order valence-electron chi connectivity index (χ0n) is 8.20. The van der Waals surface area contributed by atoms with Gasteiger partial charge in [-0.05, 0) is 25.5 Å². The maximum atomic E-state index is 8.81. The number of aromatic nitrogens is 1. The standard InChI is InChI=1S/C10H16N2O/c1-3-12(6-7-13)10-5-4-9(2)8-11-10/h4-5,8,13H,3,6-7H2,1-2H3. The predicted octanol–water partition coefficient (Wildman–Crippen LogP) is 1.21. The minimum Gasteiger partial charge on any atom is -0.395 e. The molecule has 0 atom stereocenters. The number of aliphatic hydroxyl groups is 1. The Kier molecular flexibility index (Phi) is 3.71. The molecule has 13 heavy (non-hydrogen) atoms. The van der Waals surface area contributed by atoms with Gasteiger partial charge in [0.25, 0.3) is 0 Å². The fourth-order valence-corrected chi connectivity index (χ4v) is 1.20. The summed E-state index contributed by atoms with van der Waals surface area (Å²) < 4.78 is 0. The zero-order valence-corrected chi connectivity index (χ0v) is 8.20. The molecule has 0 saturated heterocycles. The number of aryl methyl sites for hydroxylation is 1. The number of likely N-dealkylation sites (N-methyl/N-ethyl adjacent to an activating group) is 1. The van der Waals surface area contributed by atoms with Crippen molar-refractivity contribution in [3.8, 4) is 0 Å². The molecule has 0 fully saturated rings. The van der Waals surface area contributed by atoms with Gasteiger partial charge in [-0.25, -0.2) is 4.98 Å². The minimum absolute atomic E-state index is 0.170. The summed E-state index contributed by atoms with van der Waals surface area (Å²) in [6, 6.07) is 4.01. The van der Waals surface area contributed by atoms with Crippen LogP contribution in [0, 0.1) is 6.92 Å². The van der Waals surface area contributed by atoms with Gasteiger partial charge in [0.05, 0.1) is 6.61 Å². The van der Waals surface area contributed by atoms with Crippen molar-refractivity contribution in [2.45, 2.75) is 13.8 Å². The summed E-state index contributed by atoms with van der Waals surface area (Å²) in [7, 11) is 0. The fourth-order valence-electron chi connectivity index (χ4n) is 1.20. The van der Waals surface area contributed by atoms with Gasteiger partial charge in [0.2, 0.25) is 0 Å². The molecular formula is C10H16N2O. The highest BCUT2D eigenvalue weighted by atomic mass is 16.3. The first kappa shape index (κ1) is 9.99. The van der Waals surface area contributed by atoms with E-state index in [1.807, 2.05) is 30.2 Å². The van der Waals surface area contributed by atoms with E-state index in [9.17, 15) is 0 Å². The molecule has 3 nitrogen and oxygen atoms in total. The lowest BCUT2D eigenvalue weighted by Gasteiger charge is -2.20. The van der Waals surface area contributed by atoms with E-state index in [0.717, 1.165) is 17.9 Å². The fraction of sp³-hybridized carbons (Fsp3) is 0.500. The van der Waals surface area contributed by atoms with E-state index < -0.39 is 0 Å². The average Bonchev–Trinajstić information content (AvgIpc) is 2.16. The molecule has 1 heterocycles. The highest BCUT2D eigenvalue weighted by Crippen LogP contribution is 2.09. The molecule has 0 radical (unpaired) electrons. The quantitative estimate of drug-likeness (QED) is 0.756. The van der Waals surface area contributed by atoms with Gasteiger partial charge in [0.15, 0.2) is 0 Å². The molecule has 0 unspecified atom stereocenters. The Morgan fingerprint density at radius 1 is 1.46 bits per heavy atom. The molecule has 0 aliphatic rings. The largest absolute Gasteiger partial charge is 0.395 e. The number of rotatable bonds is 4. The summed E-state index contributed by atoms with van der Waals surface area (Å²) in [5, 5.41) is 8.81. The van der Waals surface area contributed by atoms with Gasteiger partial charge in [-0.1, -0.05) is 6.07 Å². The van der Waals surface area contributed by atoms with Gasteiger partial charge in [-0.15, -0.1) is 0 Å². The Bertz CT molecular complexity index is 246. The number of anilines is 1. The second-order valence-electron chi connectivity index (χ2n) is 3.00. The maximum absolute atomic E-state index is 8.81. The van der Waals surface area contributed by atoms with Crippen molar-refractivity contribution < 1.29 is 5.11 Å². The van der Waals surface area contributed by atoms with Crippen LogP contribution in [0.5, 0.6) is 0 Å². The first-order valence-corrected chi connectivity index (χ1v) is 4.56. The van der Waals surface area contributed by atoms with E-state index in [-0.39, 0.29) is 6.61 Å². The Morgan fingerprint density at radius 2 is 2.23 bits per heavy atom. The first-order valence-electron chi connectivity index (χ1n) is 4.56. The molecule has 1 aromatic heterocycles. The summed E-state index contributed by atoms with van der Waals surface area (Å²) in [6.07, 6.45) is 1.84. The number of hydrogen-bond donors (Lipinski definition) is 1. The molecule has 1 rings (SSSR count). The lowest BCUT2D eigenvalue weighted by Crippen LogP contribution is -2.26. The van der Waals surface area contributed by atoms with Gasteiger partial charge >= 0.3 is 0 Å². The van der Waals surface area contributed by atoms with Crippen molar-refractivity contribution in [2.75, 3.05) is 24.6 Å². The zero-order chi connectivity index (χ0) is 9.68. The molecule has 0 spiro atoms. The smallest absolute Gasteiger partial charge is 0.128 e. The third-order valence-corrected chi connectivity index (χ3v) is 1.97. The summed E-state index contributed by atoms with van der Waals surface area (Å²) in [4.78, 5) is 6.32. The molecule has 0 aromatic carbocycles. The van der Waals surface area contributed by atoms with Crippen molar-refractivity contribution in [3.05, 3.63) is 23.9 Å². The highest BCUT2D eigenvalue weighted by molar-refractivity contribution is 5.38. The molecule has 0 bridgehead atoms. The van der Waals surface area contributed by atoms with Gasteiger partial charge in [0.1, 0.15) is 5.82 Å². The number of pyridine rings is 1. The summed E-state index contributed by atoms with van der Waals surface area (Å²) in [6.45, 7) is 5.75. The lowest BCUT2D eigenvalue weighted by molar-refractivity contribution is 0.302. The van der Waals surface area contributed by atoms with Gasteiger partial charge in [-0.3, -0.25) is 0 Å². The monoisotopic (exact) mass is 180 g/mol. The average molecular weight is 180 g/mol. The molecule has 0 aliphatic heterocycles. The third-order valence-electron chi connectivity index (χ3n) is 1.97. The number of hydrogen-bond acceptors (Lipinski definition) is 3. The van der Waals surface area contributed by atoms with E-state index in [2.05, 4.69) is 11.9 Å². The normalized spacial score (nSPS) is 10.1. The second kappa shape index (κ2) is 4.82. The van der Waals surface area contributed by atoms with E-state index in [4.69, 9.17) is 5.11 Å². The highest BCUT2D eigenvalue weighted by Gasteiger charge is 2.02. The topological polar surface area (TPSA) is 36.4 Å². The molecule has 0 aliphatic carbocycles. The van der Waals surface area contributed by atoms with Gasteiger partial charge in [-0.2, -0.15) is 0 Å². The third kappa shape index (κ3) is 2.70. The molecule has 1 N–H and O–H groups in total. The first-order chi connectivity index (χ1) is 6.27. The Hall–Kier alpha value is -1.09. The number of aliphatic hydroxyl groups excluding tert-OH is 1. The van der Waals surface area contributed by atoms with Crippen LogP contribution in [0.15, 0.2) is 18.3 Å². The Morgan fingerprint density at radius 3 is 2.69 bits per heavy atom. The second-order valence-corrected chi connectivity index (χ2v) is 3.00. The van der Waals surface area contributed by atoms with E-state index in [1.54, 1.807) is 0 Å². The van der Waals surface area contributed by atoms with Crippen LogP contribution in [-0.4, -0.2) is 29.8 Å². The molecule has 1 aromatic rings. The SMILES string of the molecule is CCN(CCO)c1ccc(C)cn1. The number of nitrogens with zero attached hydrogens (tertiary/aromatic N) is 2. The van der Waals surface area contributed by atoms with Crippen LogP contribution >= 0.6 is 0 Å². The van der Waals surface area contributed by atoms with Crippen molar-refractivity contribution in [1.29, 1.82) is 0 Å². The van der Waals surface area contributed by atoms with Gasteiger partial charge < -0.3 is 10.0 Å². The van der Waals surface area contributed by atoms with Crippen LogP contribution in [0.4, 0.5) is 5.82 Å². The van der Waals surface area contributed by atoms with E-state index >= 15 is 0 Å². The van der Waals surface area contributed by atoms with Crippen LogP contribution in [0.2, 0.25) is 0 Å². The molecular weight excluding hydrogens is 164 g/mol. The van der Waals surface area contributed by atoms with Gasteiger partial charge in [0, 0.05) is 19.3 Å². The molecule has 0 amide bonds. The Balaban J connectivity index is 2.73. The predicted molar refractivity (Wildman–Crippen MR) is 53.9 cm³/mol. The van der Waals surface area contributed by atoms with Crippen LogP contribution in [0.3, 0.4) is 0 Å². The van der Waals surface area contributed by atoms with Crippen LogP contribution < -0.4 is 4.90 Å². The van der Waals surface area contributed by atoms with Crippen LogP contribution in [0.25, 0.3) is 0 Å². The van der Waals surface area contributed by atoms with Crippen molar-refractivity contribution in [2.24, 2.45) is 0 Å². The van der Waals surface area contributed by atoms with Crippen LogP contribution in [0.1, 0.15) is 12.5 Å². The molecule has 3 heteroatoms. The summed E-state index contributed by atoms with van der Waals surface area (Å²) in [5.74, 6) is 0.933. The minimum atomic E-state index is 0.170. The molecule has 72 valence electrons.